The minimum absolute atomic E-state index is 0.0441. The standard InChI is InChI=1S/C13H20O4/c1-17-13(16)11-5-3-8-6-10(12(14)15)4-2-9(8)7-11/h8-11H,2-7H2,1H3,(H,14,15). The Hall–Kier alpha value is -1.06. The molecule has 0 saturated heterocycles. The average Bonchev–Trinajstić information content (AvgIpc) is 2.36. The van der Waals surface area contributed by atoms with Crippen molar-refractivity contribution in [2.75, 3.05) is 7.11 Å². The van der Waals surface area contributed by atoms with E-state index in [1.54, 1.807) is 0 Å². The van der Waals surface area contributed by atoms with Gasteiger partial charge >= 0.3 is 11.9 Å². The summed E-state index contributed by atoms with van der Waals surface area (Å²) >= 11 is 0. The molecule has 0 spiro atoms. The summed E-state index contributed by atoms with van der Waals surface area (Å²) in [5, 5.41) is 9.03. The van der Waals surface area contributed by atoms with Gasteiger partial charge in [0.2, 0.25) is 0 Å². The van der Waals surface area contributed by atoms with Crippen LogP contribution in [0.4, 0.5) is 0 Å². The lowest BCUT2D eigenvalue weighted by atomic mass is 9.65. The minimum Gasteiger partial charge on any atom is -0.481 e. The predicted molar refractivity (Wildman–Crippen MR) is 61.3 cm³/mol. The van der Waals surface area contributed by atoms with Crippen molar-refractivity contribution in [3.05, 3.63) is 0 Å². The van der Waals surface area contributed by atoms with E-state index in [2.05, 4.69) is 0 Å². The monoisotopic (exact) mass is 240 g/mol. The zero-order chi connectivity index (χ0) is 12.4. The Bertz CT molecular complexity index is 313. The molecule has 2 saturated carbocycles. The number of carbonyl (C=O) groups excluding carboxylic acids is 1. The number of rotatable bonds is 2. The Morgan fingerprint density at radius 1 is 1.00 bits per heavy atom. The molecule has 0 bridgehead atoms. The molecule has 4 heteroatoms. The van der Waals surface area contributed by atoms with Gasteiger partial charge < -0.3 is 9.84 Å². The van der Waals surface area contributed by atoms with E-state index in [1.807, 2.05) is 0 Å². The van der Waals surface area contributed by atoms with Gasteiger partial charge in [0, 0.05) is 0 Å². The van der Waals surface area contributed by atoms with E-state index in [4.69, 9.17) is 9.84 Å². The Kier molecular flexibility index (Phi) is 3.69. The van der Waals surface area contributed by atoms with Crippen molar-refractivity contribution < 1.29 is 19.4 Å². The maximum atomic E-state index is 11.5. The zero-order valence-corrected chi connectivity index (χ0v) is 10.2. The summed E-state index contributed by atoms with van der Waals surface area (Å²) in [5.41, 5.74) is 0. The van der Waals surface area contributed by atoms with Crippen LogP contribution in [0.15, 0.2) is 0 Å². The van der Waals surface area contributed by atoms with Crippen LogP contribution >= 0.6 is 0 Å². The van der Waals surface area contributed by atoms with Crippen molar-refractivity contribution in [3.8, 4) is 0 Å². The van der Waals surface area contributed by atoms with Gasteiger partial charge in [-0.3, -0.25) is 9.59 Å². The zero-order valence-electron chi connectivity index (χ0n) is 10.2. The van der Waals surface area contributed by atoms with Gasteiger partial charge in [-0.05, 0) is 50.4 Å². The number of methoxy groups -OCH3 is 1. The van der Waals surface area contributed by atoms with Crippen LogP contribution in [0.25, 0.3) is 0 Å². The third-order valence-electron chi connectivity index (χ3n) is 4.50. The fraction of sp³-hybridized carbons (Fsp3) is 0.846. The van der Waals surface area contributed by atoms with E-state index in [9.17, 15) is 9.59 Å². The Morgan fingerprint density at radius 3 is 2.06 bits per heavy atom. The Labute approximate surface area is 101 Å². The number of carboxylic acids is 1. The molecular weight excluding hydrogens is 220 g/mol. The van der Waals surface area contributed by atoms with Crippen molar-refractivity contribution in [2.24, 2.45) is 23.7 Å². The number of aliphatic carboxylic acids is 1. The summed E-state index contributed by atoms with van der Waals surface area (Å²) < 4.78 is 4.80. The van der Waals surface area contributed by atoms with E-state index < -0.39 is 5.97 Å². The van der Waals surface area contributed by atoms with Gasteiger partial charge in [0.25, 0.3) is 0 Å². The molecule has 0 aromatic carbocycles. The van der Waals surface area contributed by atoms with Gasteiger partial charge in [0.15, 0.2) is 0 Å². The highest BCUT2D eigenvalue weighted by atomic mass is 16.5. The Balaban J connectivity index is 1.93. The fourth-order valence-corrected chi connectivity index (χ4v) is 3.49. The van der Waals surface area contributed by atoms with Crippen molar-refractivity contribution in [1.29, 1.82) is 0 Å². The molecule has 2 aliphatic carbocycles. The van der Waals surface area contributed by atoms with Crippen LogP contribution in [-0.4, -0.2) is 24.2 Å². The lowest BCUT2D eigenvalue weighted by Crippen LogP contribution is -2.35. The number of fused-ring (bicyclic) bond motifs is 1. The van der Waals surface area contributed by atoms with Crippen LogP contribution in [0.3, 0.4) is 0 Å². The SMILES string of the molecule is COC(=O)C1CCC2CC(C(=O)O)CCC2C1. The first-order valence-electron chi connectivity index (χ1n) is 6.42. The molecule has 2 fully saturated rings. The van der Waals surface area contributed by atoms with Crippen molar-refractivity contribution in [1.82, 2.24) is 0 Å². The lowest BCUT2D eigenvalue weighted by Gasteiger charge is -2.40. The molecule has 96 valence electrons. The van der Waals surface area contributed by atoms with Crippen LogP contribution in [0, 0.1) is 23.7 Å². The maximum Gasteiger partial charge on any atom is 0.308 e. The van der Waals surface area contributed by atoms with Gasteiger partial charge in [-0.1, -0.05) is 0 Å². The van der Waals surface area contributed by atoms with Crippen LogP contribution in [0.1, 0.15) is 38.5 Å². The molecule has 17 heavy (non-hydrogen) atoms. The summed E-state index contributed by atoms with van der Waals surface area (Å²) in [7, 11) is 1.44. The molecule has 2 rings (SSSR count). The van der Waals surface area contributed by atoms with Crippen LogP contribution in [0.5, 0.6) is 0 Å². The normalized spacial score (nSPS) is 37.0. The van der Waals surface area contributed by atoms with Crippen molar-refractivity contribution in [2.45, 2.75) is 38.5 Å². The van der Waals surface area contributed by atoms with Crippen LogP contribution < -0.4 is 0 Å². The number of carboxylic acid groups (broad SMARTS) is 1. The fourth-order valence-electron chi connectivity index (χ4n) is 3.49. The number of ether oxygens (including phenoxy) is 1. The molecule has 0 radical (unpaired) electrons. The van der Waals surface area contributed by atoms with E-state index >= 15 is 0 Å². The quantitative estimate of drug-likeness (QED) is 0.750. The van der Waals surface area contributed by atoms with Gasteiger partial charge in [-0.25, -0.2) is 0 Å². The highest BCUT2D eigenvalue weighted by Crippen LogP contribution is 2.44. The summed E-state index contributed by atoms with van der Waals surface area (Å²) in [6.45, 7) is 0. The van der Waals surface area contributed by atoms with Gasteiger partial charge in [-0.2, -0.15) is 0 Å². The number of esters is 1. The average molecular weight is 240 g/mol. The summed E-state index contributed by atoms with van der Waals surface area (Å²) in [6.07, 6.45) is 5.26. The molecule has 0 amide bonds. The van der Waals surface area contributed by atoms with E-state index in [0.29, 0.717) is 11.8 Å². The second-order valence-electron chi connectivity index (χ2n) is 5.40. The molecule has 4 nitrogen and oxygen atoms in total. The van der Waals surface area contributed by atoms with E-state index in [0.717, 1.165) is 38.5 Å². The molecular formula is C13H20O4. The molecule has 4 atom stereocenters. The highest BCUT2D eigenvalue weighted by Gasteiger charge is 2.39. The van der Waals surface area contributed by atoms with Gasteiger partial charge in [0.1, 0.15) is 0 Å². The third kappa shape index (κ3) is 2.61. The van der Waals surface area contributed by atoms with Crippen molar-refractivity contribution in [3.63, 3.8) is 0 Å². The second kappa shape index (κ2) is 5.07. The molecule has 0 aliphatic heterocycles. The maximum absolute atomic E-state index is 11.5. The van der Waals surface area contributed by atoms with Gasteiger partial charge in [0.05, 0.1) is 18.9 Å². The second-order valence-corrected chi connectivity index (χ2v) is 5.40. The topological polar surface area (TPSA) is 63.6 Å². The van der Waals surface area contributed by atoms with E-state index in [1.165, 1.54) is 7.11 Å². The predicted octanol–water partition coefficient (Wildman–Crippen LogP) is 2.08. The third-order valence-corrected chi connectivity index (χ3v) is 4.50. The summed E-state index contributed by atoms with van der Waals surface area (Å²) in [6, 6.07) is 0. The first-order valence-corrected chi connectivity index (χ1v) is 6.42. The number of hydrogen-bond donors (Lipinski definition) is 1. The number of carbonyl (C=O) groups is 2. The van der Waals surface area contributed by atoms with Crippen LogP contribution in [0.2, 0.25) is 0 Å². The van der Waals surface area contributed by atoms with Gasteiger partial charge in [-0.15, -0.1) is 0 Å². The van der Waals surface area contributed by atoms with E-state index in [-0.39, 0.29) is 17.8 Å². The highest BCUT2D eigenvalue weighted by molar-refractivity contribution is 5.72. The molecule has 0 aromatic rings. The number of hydrogen-bond acceptors (Lipinski definition) is 3. The molecule has 0 heterocycles. The molecule has 4 unspecified atom stereocenters. The van der Waals surface area contributed by atoms with Crippen molar-refractivity contribution >= 4 is 11.9 Å². The summed E-state index contributed by atoms with van der Waals surface area (Å²) in [5.74, 6) is 0.171. The Morgan fingerprint density at radius 2 is 1.53 bits per heavy atom. The minimum atomic E-state index is -0.654. The molecule has 2 aliphatic rings. The first kappa shape index (κ1) is 12.4. The molecule has 1 N–H and O–H groups in total. The smallest absolute Gasteiger partial charge is 0.308 e. The lowest BCUT2D eigenvalue weighted by molar-refractivity contribution is -0.150. The first-order chi connectivity index (χ1) is 8.11. The van der Waals surface area contributed by atoms with Crippen LogP contribution in [-0.2, 0) is 14.3 Å². The molecule has 0 aromatic heterocycles. The largest absolute Gasteiger partial charge is 0.481 e. The summed E-state index contributed by atoms with van der Waals surface area (Å²) in [4.78, 5) is 22.5.